The summed E-state index contributed by atoms with van der Waals surface area (Å²) in [6.07, 6.45) is 2.25. The van der Waals surface area contributed by atoms with E-state index in [-0.39, 0.29) is 5.91 Å². The predicted molar refractivity (Wildman–Crippen MR) is 62.3 cm³/mol. The summed E-state index contributed by atoms with van der Waals surface area (Å²) in [7, 11) is 1.94. The molecule has 0 radical (unpaired) electrons. The van der Waals surface area contributed by atoms with Crippen molar-refractivity contribution in [2.75, 3.05) is 20.1 Å². The van der Waals surface area contributed by atoms with Gasteiger partial charge in [-0.2, -0.15) is 11.3 Å². The third kappa shape index (κ3) is 2.21. The maximum absolute atomic E-state index is 12.1. The average molecular weight is 224 g/mol. The molecule has 1 aliphatic rings. The molecule has 1 aromatic heterocycles. The minimum absolute atomic E-state index is 0.189. The predicted octanol–water partition coefficient (Wildman–Crippen LogP) is 1.57. The van der Waals surface area contributed by atoms with Crippen molar-refractivity contribution < 1.29 is 4.79 Å². The molecular weight excluding hydrogens is 208 g/mol. The number of nitrogens with zero attached hydrogens (tertiary/aromatic N) is 1. The molecule has 0 aromatic carbocycles. The zero-order valence-electron chi connectivity index (χ0n) is 8.90. The minimum atomic E-state index is 0.189. The largest absolute Gasteiger partial charge is 0.334 e. The number of hydrogen-bond donors (Lipinski definition) is 1. The smallest absolute Gasteiger partial charge is 0.254 e. The van der Waals surface area contributed by atoms with Crippen molar-refractivity contribution in [2.45, 2.75) is 18.9 Å². The topological polar surface area (TPSA) is 32.3 Å². The molecule has 0 bridgehead atoms. The summed E-state index contributed by atoms with van der Waals surface area (Å²) >= 11 is 1.58. The molecule has 1 saturated heterocycles. The van der Waals surface area contributed by atoms with Crippen LogP contribution < -0.4 is 5.32 Å². The van der Waals surface area contributed by atoms with E-state index in [0.717, 1.165) is 31.5 Å². The highest BCUT2D eigenvalue weighted by atomic mass is 32.1. The van der Waals surface area contributed by atoms with Crippen LogP contribution in [-0.4, -0.2) is 37.0 Å². The Bertz CT molecular complexity index is 323. The van der Waals surface area contributed by atoms with E-state index < -0.39 is 0 Å². The van der Waals surface area contributed by atoms with Crippen LogP contribution in [0.5, 0.6) is 0 Å². The maximum Gasteiger partial charge on any atom is 0.254 e. The van der Waals surface area contributed by atoms with Gasteiger partial charge in [-0.1, -0.05) is 0 Å². The van der Waals surface area contributed by atoms with Gasteiger partial charge in [0, 0.05) is 24.5 Å². The standard InChI is InChI=1S/C11H16N2OS/c1-12-7-10-3-2-5-13(10)11(14)9-4-6-15-8-9/h4,6,8,10,12H,2-3,5,7H2,1H3. The van der Waals surface area contributed by atoms with Crippen LogP contribution in [0.2, 0.25) is 0 Å². The van der Waals surface area contributed by atoms with E-state index in [9.17, 15) is 4.79 Å². The van der Waals surface area contributed by atoms with Crippen LogP contribution in [0.25, 0.3) is 0 Å². The number of amides is 1. The van der Waals surface area contributed by atoms with Crippen molar-refractivity contribution in [1.29, 1.82) is 0 Å². The highest BCUT2D eigenvalue weighted by Crippen LogP contribution is 2.20. The second kappa shape index (κ2) is 4.77. The van der Waals surface area contributed by atoms with E-state index in [2.05, 4.69) is 5.32 Å². The molecule has 1 atom stereocenters. The first-order valence-electron chi connectivity index (χ1n) is 5.30. The van der Waals surface area contributed by atoms with Crippen molar-refractivity contribution in [3.63, 3.8) is 0 Å². The molecule has 1 N–H and O–H groups in total. The van der Waals surface area contributed by atoms with Gasteiger partial charge >= 0.3 is 0 Å². The Hall–Kier alpha value is -0.870. The molecule has 1 fully saturated rings. The number of carbonyl (C=O) groups excluding carboxylic acids is 1. The summed E-state index contributed by atoms with van der Waals surface area (Å²) in [5.74, 6) is 0.189. The number of hydrogen-bond acceptors (Lipinski definition) is 3. The minimum Gasteiger partial charge on any atom is -0.334 e. The van der Waals surface area contributed by atoms with Gasteiger partial charge < -0.3 is 10.2 Å². The van der Waals surface area contributed by atoms with Crippen LogP contribution in [0.15, 0.2) is 16.8 Å². The molecule has 2 heterocycles. The van der Waals surface area contributed by atoms with Crippen LogP contribution in [0, 0.1) is 0 Å². The Morgan fingerprint density at radius 1 is 1.73 bits per heavy atom. The molecule has 1 aliphatic heterocycles. The lowest BCUT2D eigenvalue weighted by Gasteiger charge is -2.24. The Morgan fingerprint density at radius 3 is 3.27 bits per heavy atom. The molecule has 1 unspecified atom stereocenters. The van der Waals surface area contributed by atoms with Crippen molar-refractivity contribution in [2.24, 2.45) is 0 Å². The quantitative estimate of drug-likeness (QED) is 0.845. The van der Waals surface area contributed by atoms with Gasteiger partial charge in [0.15, 0.2) is 0 Å². The van der Waals surface area contributed by atoms with Crippen LogP contribution in [0.1, 0.15) is 23.2 Å². The van der Waals surface area contributed by atoms with Crippen molar-refractivity contribution >= 4 is 17.2 Å². The molecule has 0 spiro atoms. The highest BCUT2D eigenvalue weighted by molar-refractivity contribution is 7.08. The molecular formula is C11H16N2OS. The van der Waals surface area contributed by atoms with E-state index >= 15 is 0 Å². The van der Waals surface area contributed by atoms with E-state index in [0.29, 0.717) is 6.04 Å². The Kier molecular flexibility index (Phi) is 3.38. The Balaban J connectivity index is 2.06. The number of likely N-dealkylation sites (tertiary alicyclic amines) is 1. The van der Waals surface area contributed by atoms with Gasteiger partial charge in [-0.25, -0.2) is 0 Å². The van der Waals surface area contributed by atoms with Crippen molar-refractivity contribution in [1.82, 2.24) is 10.2 Å². The van der Waals surface area contributed by atoms with E-state index in [1.807, 2.05) is 28.8 Å². The number of thiophene rings is 1. The van der Waals surface area contributed by atoms with Crippen molar-refractivity contribution in [3.8, 4) is 0 Å². The zero-order valence-corrected chi connectivity index (χ0v) is 9.72. The Morgan fingerprint density at radius 2 is 2.60 bits per heavy atom. The van der Waals surface area contributed by atoms with Gasteiger partial charge in [-0.15, -0.1) is 0 Å². The summed E-state index contributed by atoms with van der Waals surface area (Å²) in [5, 5.41) is 7.03. The zero-order chi connectivity index (χ0) is 10.7. The summed E-state index contributed by atoms with van der Waals surface area (Å²) in [5.41, 5.74) is 0.836. The van der Waals surface area contributed by atoms with E-state index in [1.165, 1.54) is 0 Å². The molecule has 15 heavy (non-hydrogen) atoms. The van der Waals surface area contributed by atoms with Gasteiger partial charge in [0.05, 0.1) is 5.56 Å². The second-order valence-electron chi connectivity index (χ2n) is 3.86. The van der Waals surface area contributed by atoms with Gasteiger partial charge in [-0.05, 0) is 31.3 Å². The van der Waals surface area contributed by atoms with Gasteiger partial charge in [-0.3, -0.25) is 4.79 Å². The number of carbonyl (C=O) groups is 1. The molecule has 82 valence electrons. The lowest BCUT2D eigenvalue weighted by Crippen LogP contribution is -2.40. The average Bonchev–Trinajstić information content (AvgIpc) is 2.87. The molecule has 0 saturated carbocycles. The van der Waals surface area contributed by atoms with Gasteiger partial charge in [0.2, 0.25) is 0 Å². The van der Waals surface area contributed by atoms with Crippen LogP contribution in [-0.2, 0) is 0 Å². The van der Waals surface area contributed by atoms with E-state index in [4.69, 9.17) is 0 Å². The highest BCUT2D eigenvalue weighted by Gasteiger charge is 2.28. The lowest BCUT2D eigenvalue weighted by atomic mass is 10.2. The first kappa shape index (κ1) is 10.6. The van der Waals surface area contributed by atoms with Crippen LogP contribution in [0.4, 0.5) is 0 Å². The molecule has 2 rings (SSSR count). The fourth-order valence-electron chi connectivity index (χ4n) is 2.10. The maximum atomic E-state index is 12.1. The summed E-state index contributed by atoms with van der Waals surface area (Å²) in [6.45, 7) is 1.80. The summed E-state index contributed by atoms with van der Waals surface area (Å²) in [4.78, 5) is 14.1. The third-order valence-electron chi connectivity index (χ3n) is 2.85. The molecule has 1 aromatic rings. The van der Waals surface area contributed by atoms with E-state index in [1.54, 1.807) is 11.3 Å². The fraction of sp³-hybridized carbons (Fsp3) is 0.545. The number of nitrogens with one attached hydrogen (secondary N) is 1. The molecule has 0 aliphatic carbocycles. The van der Waals surface area contributed by atoms with Crippen molar-refractivity contribution in [3.05, 3.63) is 22.4 Å². The van der Waals surface area contributed by atoms with Gasteiger partial charge in [0.1, 0.15) is 0 Å². The van der Waals surface area contributed by atoms with Crippen LogP contribution in [0.3, 0.4) is 0 Å². The fourth-order valence-corrected chi connectivity index (χ4v) is 2.73. The first-order valence-corrected chi connectivity index (χ1v) is 6.25. The number of rotatable bonds is 3. The molecule has 1 amide bonds. The SMILES string of the molecule is CNCC1CCCN1C(=O)c1ccsc1. The lowest BCUT2D eigenvalue weighted by molar-refractivity contribution is 0.0737. The molecule has 3 nitrogen and oxygen atoms in total. The monoisotopic (exact) mass is 224 g/mol. The van der Waals surface area contributed by atoms with Crippen LogP contribution >= 0.6 is 11.3 Å². The number of likely N-dealkylation sites (N-methyl/N-ethyl adjacent to an activating group) is 1. The normalized spacial score (nSPS) is 20.9. The third-order valence-corrected chi connectivity index (χ3v) is 3.53. The summed E-state index contributed by atoms with van der Waals surface area (Å²) in [6, 6.07) is 2.28. The first-order chi connectivity index (χ1) is 7.33. The molecule has 4 heteroatoms. The summed E-state index contributed by atoms with van der Waals surface area (Å²) < 4.78 is 0. The second-order valence-corrected chi connectivity index (χ2v) is 4.64. The Labute approximate surface area is 94.1 Å². The van der Waals surface area contributed by atoms with Gasteiger partial charge in [0.25, 0.3) is 5.91 Å².